The summed E-state index contributed by atoms with van der Waals surface area (Å²) in [7, 11) is 0. The van der Waals surface area contributed by atoms with Crippen LogP contribution in [0.15, 0.2) is 0 Å². The van der Waals surface area contributed by atoms with Gasteiger partial charge in [-0.1, -0.05) is 0 Å². The largest absolute Gasteiger partial charge is 0.509 e. The van der Waals surface area contributed by atoms with Crippen molar-refractivity contribution in [3.63, 3.8) is 0 Å². The lowest BCUT2D eigenvalue weighted by Crippen LogP contribution is -2.33. The molecular weight excluding hydrogens is 170 g/mol. The lowest BCUT2D eigenvalue weighted by atomic mass is 10.2. The van der Waals surface area contributed by atoms with E-state index in [1.807, 2.05) is 0 Å². The monoisotopic (exact) mass is 187 g/mol. The zero-order valence-electron chi connectivity index (χ0n) is 8.80. The fourth-order valence-corrected chi connectivity index (χ4v) is 0.515. The van der Waals surface area contributed by atoms with Gasteiger partial charge in [0, 0.05) is 6.21 Å². The van der Waals surface area contributed by atoms with Crippen LogP contribution in [-0.2, 0) is 9.47 Å². The van der Waals surface area contributed by atoms with Gasteiger partial charge in [0.2, 0.25) is 0 Å². The highest BCUT2D eigenvalue weighted by atomic mass is 16.7. The van der Waals surface area contributed by atoms with Crippen LogP contribution in [0.4, 0.5) is 4.79 Å². The van der Waals surface area contributed by atoms with E-state index in [0.29, 0.717) is 0 Å². The Hall–Kier alpha value is -1.06. The van der Waals surface area contributed by atoms with Gasteiger partial charge in [0.15, 0.2) is 0 Å². The number of ether oxygens (including phenoxy) is 2. The first-order valence-electron chi connectivity index (χ1n) is 4.10. The SMILES string of the molecule is CC(C)(C)OC(=O)OC(C)(C)C=N. The number of carbonyl (C=O) groups excluding carboxylic acids is 1. The molecule has 0 aromatic heterocycles. The van der Waals surface area contributed by atoms with Crippen molar-refractivity contribution < 1.29 is 14.3 Å². The Balaban J connectivity index is 4.10. The molecule has 0 unspecified atom stereocenters. The Kier molecular flexibility index (Phi) is 3.46. The van der Waals surface area contributed by atoms with Crippen molar-refractivity contribution in [3.05, 3.63) is 0 Å². The smallest absolute Gasteiger partial charge is 0.429 e. The molecule has 0 amide bonds. The maximum atomic E-state index is 11.1. The van der Waals surface area contributed by atoms with Gasteiger partial charge in [-0.25, -0.2) is 4.79 Å². The van der Waals surface area contributed by atoms with Gasteiger partial charge in [-0.2, -0.15) is 0 Å². The highest BCUT2D eigenvalue weighted by Gasteiger charge is 2.24. The first kappa shape index (κ1) is 11.9. The van der Waals surface area contributed by atoms with Crippen LogP contribution in [0.1, 0.15) is 34.6 Å². The Labute approximate surface area is 78.7 Å². The summed E-state index contributed by atoms with van der Waals surface area (Å²) in [5.74, 6) is 0. The van der Waals surface area contributed by atoms with Crippen LogP contribution in [0.25, 0.3) is 0 Å². The van der Waals surface area contributed by atoms with Gasteiger partial charge in [0.1, 0.15) is 11.2 Å². The number of carbonyl (C=O) groups is 1. The van der Waals surface area contributed by atoms with Crippen LogP contribution < -0.4 is 0 Å². The van der Waals surface area contributed by atoms with Gasteiger partial charge >= 0.3 is 6.16 Å². The average molecular weight is 187 g/mol. The van der Waals surface area contributed by atoms with Crippen molar-refractivity contribution in [2.75, 3.05) is 0 Å². The zero-order valence-corrected chi connectivity index (χ0v) is 8.80. The molecule has 0 radical (unpaired) electrons. The Morgan fingerprint density at radius 1 is 1.15 bits per heavy atom. The second-order valence-electron chi connectivity index (χ2n) is 4.31. The predicted octanol–water partition coefficient (Wildman–Crippen LogP) is 2.37. The molecule has 0 spiro atoms. The van der Waals surface area contributed by atoms with Crippen LogP contribution in [0.5, 0.6) is 0 Å². The van der Waals surface area contributed by atoms with Crippen LogP contribution >= 0.6 is 0 Å². The minimum absolute atomic E-state index is 0.560. The quantitative estimate of drug-likeness (QED) is 0.533. The fraction of sp³-hybridized carbons (Fsp3) is 0.778. The number of nitrogens with one attached hydrogen (secondary N) is 1. The van der Waals surface area contributed by atoms with Gasteiger partial charge in [-0.05, 0) is 34.6 Å². The lowest BCUT2D eigenvalue weighted by Gasteiger charge is -2.24. The molecule has 13 heavy (non-hydrogen) atoms. The van der Waals surface area contributed by atoms with Crippen LogP contribution in [0, 0.1) is 5.41 Å². The molecule has 0 atom stereocenters. The van der Waals surface area contributed by atoms with Gasteiger partial charge in [-0.3, -0.25) is 0 Å². The van der Waals surface area contributed by atoms with Gasteiger partial charge in [-0.15, -0.1) is 0 Å². The number of hydrogen-bond acceptors (Lipinski definition) is 4. The Morgan fingerprint density at radius 3 is 1.92 bits per heavy atom. The topological polar surface area (TPSA) is 59.4 Å². The summed E-state index contributed by atoms with van der Waals surface area (Å²) in [6.07, 6.45) is 0.303. The summed E-state index contributed by atoms with van der Waals surface area (Å²) in [6.45, 7) is 8.50. The molecule has 0 fully saturated rings. The van der Waals surface area contributed by atoms with Crippen LogP contribution in [0.3, 0.4) is 0 Å². The van der Waals surface area contributed by atoms with E-state index in [2.05, 4.69) is 0 Å². The standard InChI is InChI=1S/C9H17NO3/c1-8(2,3)12-7(11)13-9(4,5)6-10/h6,10H,1-5H3. The summed E-state index contributed by atoms with van der Waals surface area (Å²) in [6, 6.07) is 0. The van der Waals surface area contributed by atoms with Crippen LogP contribution in [0.2, 0.25) is 0 Å². The van der Waals surface area contributed by atoms with E-state index < -0.39 is 17.4 Å². The van der Waals surface area contributed by atoms with Crippen LogP contribution in [-0.4, -0.2) is 23.6 Å². The molecule has 0 aromatic rings. The molecule has 0 bridgehead atoms. The molecule has 0 rings (SSSR count). The fourth-order valence-electron chi connectivity index (χ4n) is 0.515. The first-order valence-corrected chi connectivity index (χ1v) is 4.10. The highest BCUT2D eigenvalue weighted by molar-refractivity contribution is 5.70. The molecule has 4 nitrogen and oxygen atoms in total. The third-order valence-corrected chi connectivity index (χ3v) is 1.08. The van der Waals surface area contributed by atoms with Gasteiger partial charge in [0.05, 0.1) is 0 Å². The third kappa shape index (κ3) is 6.13. The molecule has 0 aliphatic rings. The molecule has 76 valence electrons. The molecule has 0 aliphatic heterocycles. The molecule has 0 aromatic carbocycles. The average Bonchev–Trinajstić information content (AvgIpc) is 1.81. The molecule has 1 N–H and O–H groups in total. The van der Waals surface area contributed by atoms with Crippen molar-refractivity contribution in [1.29, 1.82) is 5.41 Å². The van der Waals surface area contributed by atoms with E-state index in [0.717, 1.165) is 6.21 Å². The van der Waals surface area contributed by atoms with E-state index in [4.69, 9.17) is 14.9 Å². The second kappa shape index (κ2) is 3.77. The van der Waals surface area contributed by atoms with E-state index in [1.165, 1.54) is 0 Å². The van der Waals surface area contributed by atoms with Crippen molar-refractivity contribution in [2.24, 2.45) is 0 Å². The summed E-state index contributed by atoms with van der Waals surface area (Å²) >= 11 is 0. The van der Waals surface area contributed by atoms with Crippen molar-refractivity contribution in [3.8, 4) is 0 Å². The highest BCUT2D eigenvalue weighted by Crippen LogP contribution is 2.12. The summed E-state index contributed by atoms with van der Waals surface area (Å²) in [4.78, 5) is 11.1. The molecule has 0 aliphatic carbocycles. The first-order chi connectivity index (χ1) is 5.66. The maximum Gasteiger partial charge on any atom is 0.509 e. The third-order valence-electron chi connectivity index (χ3n) is 1.08. The zero-order chi connectivity index (χ0) is 10.7. The number of hydrogen-bond donors (Lipinski definition) is 1. The molecular formula is C9H17NO3. The molecule has 0 saturated heterocycles. The summed E-state index contributed by atoms with van der Waals surface area (Å²) < 4.78 is 9.77. The minimum Gasteiger partial charge on any atom is -0.429 e. The lowest BCUT2D eigenvalue weighted by molar-refractivity contribution is -0.0320. The Morgan fingerprint density at radius 2 is 1.62 bits per heavy atom. The summed E-state index contributed by atoms with van der Waals surface area (Å²) in [5.41, 5.74) is -1.46. The van der Waals surface area contributed by atoms with Gasteiger partial charge in [0.25, 0.3) is 0 Å². The minimum atomic E-state index is -0.900. The van der Waals surface area contributed by atoms with E-state index in [1.54, 1.807) is 34.6 Å². The molecule has 0 heterocycles. The number of rotatable bonds is 2. The van der Waals surface area contributed by atoms with E-state index in [9.17, 15) is 4.79 Å². The van der Waals surface area contributed by atoms with Crippen molar-refractivity contribution >= 4 is 12.4 Å². The van der Waals surface area contributed by atoms with Gasteiger partial charge < -0.3 is 14.9 Å². The Bertz CT molecular complexity index is 203. The van der Waals surface area contributed by atoms with Crippen molar-refractivity contribution in [1.82, 2.24) is 0 Å². The van der Waals surface area contributed by atoms with E-state index >= 15 is 0 Å². The molecule has 4 heteroatoms. The predicted molar refractivity (Wildman–Crippen MR) is 50.2 cm³/mol. The normalized spacial score (nSPS) is 12.1. The van der Waals surface area contributed by atoms with Crippen molar-refractivity contribution in [2.45, 2.75) is 45.8 Å². The molecule has 0 saturated carbocycles. The van der Waals surface area contributed by atoms with E-state index in [-0.39, 0.29) is 0 Å². The maximum absolute atomic E-state index is 11.1. The summed E-state index contributed by atoms with van der Waals surface area (Å²) in [5, 5.41) is 6.97. The second-order valence-corrected chi connectivity index (χ2v) is 4.31.